The van der Waals surface area contributed by atoms with Crippen LogP contribution in [0.25, 0.3) is 16.6 Å². The molecule has 2 N–H and O–H groups in total. The third kappa shape index (κ3) is 5.21. The van der Waals surface area contributed by atoms with Crippen molar-refractivity contribution in [1.29, 1.82) is 0 Å². The Labute approximate surface area is 192 Å². The lowest BCUT2D eigenvalue weighted by Crippen LogP contribution is -2.38. The zero-order valence-corrected chi connectivity index (χ0v) is 19.3. The summed E-state index contributed by atoms with van der Waals surface area (Å²) in [6.07, 6.45) is 8.93. The van der Waals surface area contributed by atoms with Crippen LogP contribution in [0, 0.1) is 11.9 Å². The number of pyridine rings is 1. The molecule has 1 saturated carbocycles. The van der Waals surface area contributed by atoms with E-state index in [2.05, 4.69) is 20.7 Å². The maximum atomic E-state index is 14.2. The summed E-state index contributed by atoms with van der Waals surface area (Å²) in [6.45, 7) is 5.63. The predicted octanol–water partition coefficient (Wildman–Crippen LogP) is 4.62. The normalized spacial score (nSPS) is 18.5. The summed E-state index contributed by atoms with van der Waals surface area (Å²) in [7, 11) is 0. The lowest BCUT2D eigenvalue weighted by atomic mass is 9.83. The SMILES string of the molecule is CC(=O)CC1CCC(NC(=O)c2cnn3cc(-c4cccnc4F)cc3c2NC(C)C)CC1. The van der Waals surface area contributed by atoms with Crippen LogP contribution in [0.1, 0.15) is 63.2 Å². The molecular formula is C25H30FN5O2. The van der Waals surface area contributed by atoms with Crippen LogP contribution in [0.3, 0.4) is 0 Å². The monoisotopic (exact) mass is 451 g/mol. The molecule has 0 saturated heterocycles. The molecule has 174 valence electrons. The molecule has 0 spiro atoms. The average Bonchev–Trinajstić information content (AvgIpc) is 3.19. The van der Waals surface area contributed by atoms with Gasteiger partial charge in [-0.3, -0.25) is 4.79 Å². The molecule has 4 rings (SSSR count). The molecule has 1 aliphatic rings. The highest BCUT2D eigenvalue weighted by atomic mass is 19.1. The fourth-order valence-corrected chi connectivity index (χ4v) is 4.60. The van der Waals surface area contributed by atoms with E-state index in [0.29, 0.717) is 40.2 Å². The fraction of sp³-hybridized carbons (Fsp3) is 0.440. The van der Waals surface area contributed by atoms with E-state index in [9.17, 15) is 14.0 Å². The van der Waals surface area contributed by atoms with Gasteiger partial charge in [-0.25, -0.2) is 9.50 Å². The summed E-state index contributed by atoms with van der Waals surface area (Å²) < 4.78 is 15.9. The second kappa shape index (κ2) is 9.68. The minimum absolute atomic E-state index is 0.0793. The Hall–Kier alpha value is -3.29. The Morgan fingerprint density at radius 3 is 2.67 bits per heavy atom. The quantitative estimate of drug-likeness (QED) is 0.512. The van der Waals surface area contributed by atoms with E-state index in [0.717, 1.165) is 25.7 Å². The number of nitrogens with zero attached hydrogens (tertiary/aromatic N) is 3. The Kier molecular flexibility index (Phi) is 6.72. The number of Topliss-reactive ketones (excluding diaryl/α,β-unsaturated/α-hetero) is 1. The van der Waals surface area contributed by atoms with Crippen molar-refractivity contribution in [3.63, 3.8) is 0 Å². The van der Waals surface area contributed by atoms with E-state index in [-0.39, 0.29) is 23.8 Å². The van der Waals surface area contributed by atoms with Gasteiger partial charge in [0, 0.05) is 42.0 Å². The molecular weight excluding hydrogens is 421 g/mol. The van der Waals surface area contributed by atoms with Crippen LogP contribution in [0.15, 0.2) is 36.8 Å². The molecule has 0 aliphatic heterocycles. The summed E-state index contributed by atoms with van der Waals surface area (Å²) in [5.74, 6) is -0.0913. The fourth-order valence-electron chi connectivity index (χ4n) is 4.60. The average molecular weight is 452 g/mol. The highest BCUT2D eigenvalue weighted by Gasteiger charge is 2.25. The van der Waals surface area contributed by atoms with Gasteiger partial charge in [0.2, 0.25) is 5.95 Å². The highest BCUT2D eigenvalue weighted by Crippen LogP contribution is 2.31. The summed E-state index contributed by atoms with van der Waals surface area (Å²) >= 11 is 0. The number of anilines is 1. The molecule has 8 heteroatoms. The molecule has 0 bridgehead atoms. The number of hydrogen-bond acceptors (Lipinski definition) is 5. The Balaban J connectivity index is 1.60. The molecule has 1 fully saturated rings. The number of ketones is 1. The highest BCUT2D eigenvalue weighted by molar-refractivity contribution is 6.03. The first-order valence-corrected chi connectivity index (χ1v) is 11.5. The van der Waals surface area contributed by atoms with E-state index < -0.39 is 5.95 Å². The van der Waals surface area contributed by atoms with E-state index in [1.807, 2.05) is 19.9 Å². The van der Waals surface area contributed by atoms with Gasteiger partial charge in [-0.05, 0) is 70.6 Å². The first-order chi connectivity index (χ1) is 15.8. The molecule has 3 aromatic heterocycles. The maximum absolute atomic E-state index is 14.2. The molecule has 7 nitrogen and oxygen atoms in total. The van der Waals surface area contributed by atoms with Crippen molar-refractivity contribution in [3.05, 3.63) is 48.3 Å². The number of hydrogen-bond donors (Lipinski definition) is 2. The van der Waals surface area contributed by atoms with Crippen molar-refractivity contribution in [2.24, 2.45) is 5.92 Å². The summed E-state index contributed by atoms with van der Waals surface area (Å²) in [4.78, 5) is 28.3. The van der Waals surface area contributed by atoms with Crippen LogP contribution >= 0.6 is 0 Å². The van der Waals surface area contributed by atoms with Crippen LogP contribution < -0.4 is 10.6 Å². The van der Waals surface area contributed by atoms with E-state index in [1.54, 1.807) is 36.0 Å². The molecule has 3 aromatic rings. The third-order valence-corrected chi connectivity index (χ3v) is 6.14. The van der Waals surface area contributed by atoms with Crippen LogP contribution in [0.5, 0.6) is 0 Å². The molecule has 1 amide bonds. The number of aromatic nitrogens is 3. The van der Waals surface area contributed by atoms with Gasteiger partial charge in [0.15, 0.2) is 0 Å². The lowest BCUT2D eigenvalue weighted by molar-refractivity contribution is -0.118. The number of rotatable bonds is 7. The zero-order valence-electron chi connectivity index (χ0n) is 19.3. The zero-order chi connectivity index (χ0) is 23.5. The van der Waals surface area contributed by atoms with Gasteiger partial charge in [-0.1, -0.05) is 0 Å². The van der Waals surface area contributed by atoms with Crippen molar-refractivity contribution >= 4 is 22.9 Å². The molecule has 0 radical (unpaired) electrons. The van der Waals surface area contributed by atoms with Gasteiger partial charge in [0.25, 0.3) is 5.91 Å². The van der Waals surface area contributed by atoms with Gasteiger partial charge in [0.1, 0.15) is 5.78 Å². The standard InChI is InChI=1S/C25H30FN5O2/c1-15(2)29-23-21(25(33)30-19-8-6-17(7-9-19)11-16(3)32)13-28-31-14-18(12-22(23)31)20-5-4-10-27-24(20)26/h4-5,10,12-15,17,19,29H,6-9,11H2,1-3H3,(H,30,33). The van der Waals surface area contributed by atoms with Gasteiger partial charge < -0.3 is 15.4 Å². The summed E-state index contributed by atoms with van der Waals surface area (Å²) in [5, 5.41) is 10.9. The van der Waals surface area contributed by atoms with Crippen LogP contribution in [-0.4, -0.2) is 38.4 Å². The second-order valence-corrected chi connectivity index (χ2v) is 9.23. The van der Waals surface area contributed by atoms with Crippen molar-refractivity contribution in [1.82, 2.24) is 19.9 Å². The van der Waals surface area contributed by atoms with E-state index >= 15 is 0 Å². The molecule has 3 heterocycles. The molecule has 1 aliphatic carbocycles. The van der Waals surface area contributed by atoms with Crippen molar-refractivity contribution in [3.8, 4) is 11.1 Å². The Morgan fingerprint density at radius 1 is 1.24 bits per heavy atom. The van der Waals surface area contributed by atoms with Crippen molar-refractivity contribution < 1.29 is 14.0 Å². The number of fused-ring (bicyclic) bond motifs is 1. The van der Waals surface area contributed by atoms with Crippen LogP contribution in [-0.2, 0) is 4.79 Å². The Morgan fingerprint density at radius 2 is 2.00 bits per heavy atom. The number of carbonyl (C=O) groups excluding carboxylic acids is 2. The smallest absolute Gasteiger partial charge is 0.255 e. The second-order valence-electron chi connectivity index (χ2n) is 9.23. The lowest BCUT2D eigenvalue weighted by Gasteiger charge is -2.29. The van der Waals surface area contributed by atoms with Gasteiger partial charge in [-0.2, -0.15) is 9.49 Å². The van der Waals surface area contributed by atoms with Crippen LogP contribution in [0.4, 0.5) is 10.1 Å². The minimum atomic E-state index is -0.551. The first kappa shape index (κ1) is 22.9. The first-order valence-electron chi connectivity index (χ1n) is 11.5. The number of carbonyl (C=O) groups is 2. The minimum Gasteiger partial charge on any atom is -0.380 e. The topological polar surface area (TPSA) is 88.4 Å². The van der Waals surface area contributed by atoms with E-state index in [4.69, 9.17) is 0 Å². The van der Waals surface area contributed by atoms with Crippen molar-refractivity contribution in [2.75, 3.05) is 5.32 Å². The van der Waals surface area contributed by atoms with Gasteiger partial charge in [-0.15, -0.1) is 0 Å². The summed E-state index contributed by atoms with van der Waals surface area (Å²) in [5.41, 5.74) is 2.84. The third-order valence-electron chi connectivity index (χ3n) is 6.14. The molecule has 0 aromatic carbocycles. The largest absolute Gasteiger partial charge is 0.380 e. The van der Waals surface area contributed by atoms with Crippen LogP contribution in [0.2, 0.25) is 0 Å². The number of nitrogens with one attached hydrogen (secondary N) is 2. The van der Waals surface area contributed by atoms with Gasteiger partial charge in [0.05, 0.1) is 23.0 Å². The van der Waals surface area contributed by atoms with Crippen molar-refractivity contribution in [2.45, 2.75) is 65.0 Å². The Bertz CT molecular complexity index is 1160. The molecule has 0 unspecified atom stereocenters. The van der Waals surface area contributed by atoms with Gasteiger partial charge >= 0.3 is 0 Å². The molecule has 0 atom stereocenters. The van der Waals surface area contributed by atoms with E-state index in [1.165, 1.54) is 6.20 Å². The predicted molar refractivity (Wildman–Crippen MR) is 126 cm³/mol. The molecule has 33 heavy (non-hydrogen) atoms. The summed E-state index contributed by atoms with van der Waals surface area (Å²) in [6, 6.07) is 5.34. The maximum Gasteiger partial charge on any atom is 0.255 e. The number of amides is 1. The number of halogens is 1.